The third kappa shape index (κ3) is 4.64. The van der Waals surface area contributed by atoms with Crippen molar-refractivity contribution in [1.29, 1.82) is 0 Å². The Morgan fingerprint density at radius 1 is 1.50 bits per heavy atom. The molecule has 6 heteroatoms. The van der Waals surface area contributed by atoms with Gasteiger partial charge in [0.25, 0.3) is 0 Å². The molecule has 0 aliphatic carbocycles. The summed E-state index contributed by atoms with van der Waals surface area (Å²) in [5.74, 6) is 0. The summed E-state index contributed by atoms with van der Waals surface area (Å²) >= 11 is 5.15. The second kappa shape index (κ2) is 7.03. The van der Waals surface area contributed by atoms with E-state index < -0.39 is 9.84 Å². The van der Waals surface area contributed by atoms with Crippen LogP contribution in [0, 0.1) is 0 Å². The first-order chi connectivity index (χ1) is 8.36. The second-order valence-corrected chi connectivity index (χ2v) is 8.75. The first kappa shape index (κ1) is 16.1. The maximum atomic E-state index is 11.7. The van der Waals surface area contributed by atoms with Crippen molar-refractivity contribution >= 4 is 37.1 Å². The smallest absolute Gasteiger partial charge is 0.151 e. The molecule has 0 radical (unpaired) electrons. The van der Waals surface area contributed by atoms with Crippen LogP contribution < -0.4 is 5.32 Å². The van der Waals surface area contributed by atoms with Crippen molar-refractivity contribution in [2.45, 2.75) is 38.0 Å². The first-order valence-corrected chi connectivity index (χ1v) is 9.63. The van der Waals surface area contributed by atoms with E-state index in [-0.39, 0.29) is 11.3 Å². The van der Waals surface area contributed by atoms with Gasteiger partial charge in [0.1, 0.15) is 0 Å². The fourth-order valence-corrected chi connectivity index (χ4v) is 4.07. The highest BCUT2D eigenvalue weighted by Crippen LogP contribution is 2.25. The number of nitrogens with one attached hydrogen (secondary N) is 1. The molecule has 0 aliphatic rings. The summed E-state index contributed by atoms with van der Waals surface area (Å²) in [5, 5.41) is 4.99. The molecule has 1 N–H and O–H groups in total. The van der Waals surface area contributed by atoms with E-state index >= 15 is 0 Å². The molecular formula is C12H20BrNO2S2. The molecule has 0 amide bonds. The van der Waals surface area contributed by atoms with Gasteiger partial charge in [0, 0.05) is 21.6 Å². The van der Waals surface area contributed by atoms with Crippen molar-refractivity contribution in [2.24, 2.45) is 0 Å². The summed E-state index contributed by atoms with van der Waals surface area (Å²) < 4.78 is 24.5. The molecule has 1 heterocycles. The van der Waals surface area contributed by atoms with Crippen molar-refractivity contribution in [3.05, 3.63) is 20.8 Å². The van der Waals surface area contributed by atoms with Crippen LogP contribution in [0.25, 0.3) is 0 Å². The fourth-order valence-electron chi connectivity index (χ4n) is 1.70. The Hall–Kier alpha value is 0.0900. The summed E-state index contributed by atoms with van der Waals surface area (Å²) in [6, 6.07) is 1.97. The predicted octanol–water partition coefficient (Wildman–Crippen LogP) is 2.85. The van der Waals surface area contributed by atoms with Crippen LogP contribution in [0.4, 0.5) is 0 Å². The van der Waals surface area contributed by atoms with Gasteiger partial charge in [0.05, 0.1) is 5.25 Å². The molecule has 18 heavy (non-hydrogen) atoms. The van der Waals surface area contributed by atoms with Gasteiger partial charge in [0.15, 0.2) is 9.84 Å². The van der Waals surface area contributed by atoms with Gasteiger partial charge in [-0.15, -0.1) is 11.3 Å². The van der Waals surface area contributed by atoms with Gasteiger partial charge in [0.2, 0.25) is 0 Å². The zero-order chi connectivity index (χ0) is 13.8. The minimum atomic E-state index is -3.02. The molecule has 2 atom stereocenters. The monoisotopic (exact) mass is 353 g/mol. The van der Waals surface area contributed by atoms with Gasteiger partial charge in [-0.25, -0.2) is 8.42 Å². The Labute approximate surface area is 122 Å². The van der Waals surface area contributed by atoms with Gasteiger partial charge in [-0.05, 0) is 53.7 Å². The molecule has 0 bridgehead atoms. The Morgan fingerprint density at radius 3 is 2.61 bits per heavy atom. The van der Waals surface area contributed by atoms with Crippen LogP contribution in [0.15, 0.2) is 15.9 Å². The molecule has 0 aliphatic heterocycles. The largest absolute Gasteiger partial charge is 0.312 e. The van der Waals surface area contributed by atoms with Crippen LogP contribution in [0.2, 0.25) is 0 Å². The van der Waals surface area contributed by atoms with Gasteiger partial charge >= 0.3 is 0 Å². The number of hydrogen-bond donors (Lipinski definition) is 1. The highest BCUT2D eigenvalue weighted by molar-refractivity contribution is 9.10. The lowest BCUT2D eigenvalue weighted by molar-refractivity contribution is 0.484. The van der Waals surface area contributed by atoms with Gasteiger partial charge in [-0.3, -0.25) is 0 Å². The van der Waals surface area contributed by atoms with Crippen molar-refractivity contribution in [1.82, 2.24) is 5.32 Å². The normalized spacial score (nSPS) is 15.6. The quantitative estimate of drug-likeness (QED) is 0.819. The summed E-state index contributed by atoms with van der Waals surface area (Å²) in [7, 11) is -3.02. The van der Waals surface area contributed by atoms with E-state index in [1.165, 1.54) is 11.1 Å². The molecule has 1 aromatic rings. The van der Waals surface area contributed by atoms with E-state index in [2.05, 4.69) is 28.2 Å². The fraction of sp³-hybridized carbons (Fsp3) is 0.667. The summed E-state index contributed by atoms with van der Waals surface area (Å²) in [4.78, 5) is 1.19. The maximum absolute atomic E-state index is 11.7. The van der Waals surface area contributed by atoms with Crippen molar-refractivity contribution in [3.8, 4) is 0 Å². The number of halogens is 1. The lowest BCUT2D eigenvalue weighted by atomic mass is 10.1. The zero-order valence-electron chi connectivity index (χ0n) is 10.9. The topological polar surface area (TPSA) is 46.2 Å². The van der Waals surface area contributed by atoms with E-state index in [9.17, 15) is 8.42 Å². The summed E-state index contributed by atoms with van der Waals surface area (Å²) in [6.07, 6.45) is 3.05. The third-order valence-corrected chi connectivity index (χ3v) is 6.62. The average molecular weight is 354 g/mol. The predicted molar refractivity (Wildman–Crippen MR) is 82.1 cm³/mol. The minimum absolute atomic E-state index is 0.0325. The highest BCUT2D eigenvalue weighted by atomic mass is 79.9. The Balaban J connectivity index is 2.82. The number of thiophene rings is 1. The Morgan fingerprint density at radius 2 is 2.17 bits per heavy atom. The van der Waals surface area contributed by atoms with Crippen LogP contribution in [0.1, 0.15) is 25.1 Å². The van der Waals surface area contributed by atoms with Crippen LogP contribution in [-0.2, 0) is 16.3 Å². The van der Waals surface area contributed by atoms with E-state index in [1.807, 2.05) is 11.4 Å². The summed E-state index contributed by atoms with van der Waals surface area (Å²) in [5.41, 5.74) is 0. The lowest BCUT2D eigenvalue weighted by Crippen LogP contribution is -2.44. The molecular weight excluding hydrogens is 334 g/mol. The lowest BCUT2D eigenvalue weighted by Gasteiger charge is -2.23. The standard InChI is InChI=1S/C12H20BrNO2S2/c1-4-6-14-11(9(2)18(3,15)16)8-12-10(13)5-7-17-12/h5,7,9,11,14H,4,6,8H2,1-3H3. The molecule has 0 spiro atoms. The Bertz CT molecular complexity index is 470. The molecule has 0 saturated carbocycles. The SMILES string of the molecule is CCCNC(Cc1sccc1Br)C(C)S(C)(=O)=O. The van der Waals surface area contributed by atoms with E-state index in [1.54, 1.807) is 18.3 Å². The van der Waals surface area contributed by atoms with E-state index in [0.717, 1.165) is 23.9 Å². The maximum Gasteiger partial charge on any atom is 0.151 e. The first-order valence-electron chi connectivity index (χ1n) is 6.00. The molecule has 3 nitrogen and oxygen atoms in total. The van der Waals surface area contributed by atoms with Crippen molar-refractivity contribution in [2.75, 3.05) is 12.8 Å². The summed E-state index contributed by atoms with van der Waals surface area (Å²) in [6.45, 7) is 4.70. The molecule has 1 rings (SSSR count). The molecule has 104 valence electrons. The van der Waals surface area contributed by atoms with Crippen molar-refractivity contribution < 1.29 is 8.42 Å². The molecule has 1 aromatic heterocycles. The van der Waals surface area contributed by atoms with Gasteiger partial charge < -0.3 is 5.32 Å². The molecule has 0 fully saturated rings. The average Bonchev–Trinajstić information content (AvgIpc) is 2.68. The second-order valence-electron chi connectivity index (χ2n) is 4.49. The molecule has 0 saturated heterocycles. The Kier molecular flexibility index (Phi) is 6.30. The van der Waals surface area contributed by atoms with Crippen LogP contribution in [0.3, 0.4) is 0 Å². The zero-order valence-corrected chi connectivity index (χ0v) is 14.2. The number of hydrogen-bond acceptors (Lipinski definition) is 4. The van der Waals surface area contributed by atoms with Crippen LogP contribution >= 0.6 is 27.3 Å². The molecule has 2 unspecified atom stereocenters. The molecule has 0 aromatic carbocycles. The third-order valence-electron chi connectivity index (χ3n) is 2.99. The van der Waals surface area contributed by atoms with Crippen LogP contribution in [-0.4, -0.2) is 32.5 Å². The van der Waals surface area contributed by atoms with Crippen LogP contribution in [0.5, 0.6) is 0 Å². The van der Waals surface area contributed by atoms with Gasteiger partial charge in [-0.2, -0.15) is 0 Å². The van der Waals surface area contributed by atoms with Crippen molar-refractivity contribution in [3.63, 3.8) is 0 Å². The highest BCUT2D eigenvalue weighted by Gasteiger charge is 2.26. The van der Waals surface area contributed by atoms with E-state index in [4.69, 9.17) is 0 Å². The van der Waals surface area contributed by atoms with Gasteiger partial charge in [-0.1, -0.05) is 6.92 Å². The van der Waals surface area contributed by atoms with E-state index in [0.29, 0.717) is 0 Å². The number of sulfone groups is 1. The minimum Gasteiger partial charge on any atom is -0.312 e. The number of rotatable bonds is 7.